The summed E-state index contributed by atoms with van der Waals surface area (Å²) in [5.41, 5.74) is 6.00. The van der Waals surface area contributed by atoms with Gasteiger partial charge in [0.1, 0.15) is 0 Å². The van der Waals surface area contributed by atoms with E-state index in [9.17, 15) is 4.79 Å². The predicted molar refractivity (Wildman–Crippen MR) is 76.8 cm³/mol. The average molecular weight is 310 g/mol. The van der Waals surface area contributed by atoms with Crippen molar-refractivity contribution in [3.8, 4) is 0 Å². The lowest BCUT2D eigenvalue weighted by Gasteiger charge is -2.17. The first-order valence-corrected chi connectivity index (χ1v) is 6.32. The van der Waals surface area contributed by atoms with Crippen molar-refractivity contribution < 1.29 is 4.79 Å². The summed E-state index contributed by atoms with van der Waals surface area (Å²) < 4.78 is 0. The molecule has 0 radical (unpaired) electrons. The number of nitrogens with two attached hydrogens (primary N) is 1. The first-order chi connectivity index (χ1) is 8.13. The summed E-state index contributed by atoms with van der Waals surface area (Å²) >= 11 is 12.0. The number of amides is 1. The molecule has 1 saturated heterocycles. The summed E-state index contributed by atoms with van der Waals surface area (Å²) in [5, 5.41) is 0.803. The molecule has 0 bridgehead atoms. The molecule has 18 heavy (non-hydrogen) atoms. The van der Waals surface area contributed by atoms with Crippen LogP contribution in [0.1, 0.15) is 16.8 Å². The van der Waals surface area contributed by atoms with Gasteiger partial charge in [-0.15, -0.1) is 12.4 Å². The molecule has 1 unspecified atom stereocenters. The molecule has 3 nitrogen and oxygen atoms in total. The second kappa shape index (κ2) is 6.62. The Bertz CT molecular complexity index is 419. The average Bonchev–Trinajstić information content (AvgIpc) is 2.77. The zero-order valence-electron chi connectivity index (χ0n) is 9.73. The van der Waals surface area contributed by atoms with E-state index in [1.807, 2.05) is 0 Å². The molecule has 0 aromatic heterocycles. The van der Waals surface area contributed by atoms with Crippen molar-refractivity contribution in [3.05, 3.63) is 33.8 Å². The summed E-state index contributed by atoms with van der Waals surface area (Å²) in [4.78, 5) is 14.0. The van der Waals surface area contributed by atoms with Crippen molar-refractivity contribution in [1.29, 1.82) is 0 Å². The van der Waals surface area contributed by atoms with Crippen LogP contribution < -0.4 is 5.73 Å². The van der Waals surface area contributed by atoms with Crippen LogP contribution in [0.3, 0.4) is 0 Å². The number of hydrogen-bond acceptors (Lipinski definition) is 2. The molecule has 0 aliphatic carbocycles. The van der Waals surface area contributed by atoms with Crippen LogP contribution in [-0.2, 0) is 0 Å². The Kier molecular flexibility index (Phi) is 5.73. The van der Waals surface area contributed by atoms with E-state index in [0.29, 0.717) is 34.6 Å². The van der Waals surface area contributed by atoms with Gasteiger partial charge in [0.25, 0.3) is 5.91 Å². The summed E-state index contributed by atoms with van der Waals surface area (Å²) in [6, 6.07) is 5.09. The van der Waals surface area contributed by atoms with Crippen molar-refractivity contribution in [2.75, 3.05) is 19.6 Å². The lowest BCUT2D eigenvalue weighted by Crippen LogP contribution is -2.30. The molecule has 6 heteroatoms. The minimum Gasteiger partial charge on any atom is -0.338 e. The zero-order chi connectivity index (χ0) is 12.4. The molecule has 100 valence electrons. The number of carbonyl (C=O) groups is 1. The number of nitrogens with zero attached hydrogens (tertiary/aromatic N) is 1. The minimum atomic E-state index is -0.100. The Morgan fingerprint density at radius 2 is 2.00 bits per heavy atom. The fourth-order valence-corrected chi connectivity index (χ4v) is 2.63. The van der Waals surface area contributed by atoms with Crippen LogP contribution >= 0.6 is 35.6 Å². The molecule has 1 aromatic carbocycles. The fraction of sp³-hybridized carbons (Fsp3) is 0.417. The van der Waals surface area contributed by atoms with Gasteiger partial charge in [-0.05, 0) is 31.0 Å². The number of benzene rings is 1. The molecule has 1 atom stereocenters. The summed E-state index contributed by atoms with van der Waals surface area (Å²) in [6.45, 7) is 2.03. The van der Waals surface area contributed by atoms with E-state index in [0.717, 1.165) is 13.0 Å². The number of halogens is 3. The van der Waals surface area contributed by atoms with Gasteiger partial charge in [-0.2, -0.15) is 0 Å². The molecule has 0 spiro atoms. The second-order valence-electron chi connectivity index (χ2n) is 4.24. The molecular weight excluding hydrogens is 295 g/mol. The number of hydrogen-bond donors (Lipinski definition) is 1. The number of likely N-dealkylation sites (tertiary alicyclic amines) is 1. The van der Waals surface area contributed by atoms with E-state index in [-0.39, 0.29) is 18.3 Å². The monoisotopic (exact) mass is 308 g/mol. The van der Waals surface area contributed by atoms with Crippen molar-refractivity contribution in [1.82, 2.24) is 4.90 Å². The summed E-state index contributed by atoms with van der Waals surface area (Å²) in [5.74, 6) is 0.289. The highest BCUT2D eigenvalue weighted by atomic mass is 35.5. The first-order valence-electron chi connectivity index (χ1n) is 5.57. The van der Waals surface area contributed by atoms with Gasteiger partial charge in [-0.1, -0.05) is 29.3 Å². The predicted octanol–water partition coefficient (Wildman–Crippen LogP) is 2.84. The van der Waals surface area contributed by atoms with E-state index < -0.39 is 0 Å². The lowest BCUT2D eigenvalue weighted by molar-refractivity contribution is 0.0788. The molecule has 1 heterocycles. The summed E-state index contributed by atoms with van der Waals surface area (Å²) in [7, 11) is 0. The normalized spacial score (nSPS) is 18.6. The largest absolute Gasteiger partial charge is 0.338 e. The molecule has 1 aromatic rings. The van der Waals surface area contributed by atoms with Gasteiger partial charge in [-0.3, -0.25) is 4.79 Å². The highest BCUT2D eigenvalue weighted by molar-refractivity contribution is 6.39. The number of rotatable bonds is 2. The molecule has 1 aliphatic rings. The Hall–Kier alpha value is -0.480. The van der Waals surface area contributed by atoms with Crippen LogP contribution in [0.4, 0.5) is 0 Å². The standard InChI is InChI=1S/C12H14Cl2N2O.ClH/c13-9-2-1-3-10(14)11(9)12(17)16-5-4-8(6-15)7-16;/h1-3,8H,4-7,15H2;1H. The van der Waals surface area contributed by atoms with Crippen molar-refractivity contribution in [3.63, 3.8) is 0 Å². The highest BCUT2D eigenvalue weighted by Crippen LogP contribution is 2.27. The van der Waals surface area contributed by atoms with Gasteiger partial charge in [0.2, 0.25) is 0 Å². The fourth-order valence-electron chi connectivity index (χ4n) is 2.07. The van der Waals surface area contributed by atoms with E-state index >= 15 is 0 Å². The topological polar surface area (TPSA) is 46.3 Å². The maximum absolute atomic E-state index is 12.3. The van der Waals surface area contributed by atoms with Crippen LogP contribution in [-0.4, -0.2) is 30.4 Å². The van der Waals surface area contributed by atoms with Crippen LogP contribution in [0.15, 0.2) is 18.2 Å². The highest BCUT2D eigenvalue weighted by Gasteiger charge is 2.28. The van der Waals surface area contributed by atoms with Gasteiger partial charge in [0, 0.05) is 13.1 Å². The number of carbonyl (C=O) groups excluding carboxylic acids is 1. The maximum atomic E-state index is 12.3. The lowest BCUT2D eigenvalue weighted by atomic mass is 10.1. The zero-order valence-corrected chi connectivity index (χ0v) is 12.1. The maximum Gasteiger partial charge on any atom is 0.256 e. The van der Waals surface area contributed by atoms with Gasteiger partial charge in [0.15, 0.2) is 0 Å². The Morgan fingerprint density at radius 3 is 2.50 bits per heavy atom. The molecule has 1 amide bonds. The summed E-state index contributed by atoms with van der Waals surface area (Å²) in [6.07, 6.45) is 0.949. The Balaban J connectivity index is 0.00000162. The van der Waals surface area contributed by atoms with Gasteiger partial charge in [0.05, 0.1) is 15.6 Å². The van der Waals surface area contributed by atoms with Crippen LogP contribution in [0.5, 0.6) is 0 Å². The Labute approximate surface area is 123 Å². The minimum absolute atomic E-state index is 0. The van der Waals surface area contributed by atoms with E-state index in [1.54, 1.807) is 23.1 Å². The first kappa shape index (κ1) is 15.6. The van der Waals surface area contributed by atoms with Crippen LogP contribution in [0, 0.1) is 5.92 Å². The van der Waals surface area contributed by atoms with Gasteiger partial charge >= 0.3 is 0 Å². The quantitative estimate of drug-likeness (QED) is 0.913. The second-order valence-corrected chi connectivity index (χ2v) is 5.05. The van der Waals surface area contributed by atoms with E-state index in [1.165, 1.54) is 0 Å². The van der Waals surface area contributed by atoms with Gasteiger partial charge in [-0.25, -0.2) is 0 Å². The van der Waals surface area contributed by atoms with E-state index in [2.05, 4.69) is 0 Å². The third kappa shape index (κ3) is 3.09. The van der Waals surface area contributed by atoms with Crippen LogP contribution in [0.25, 0.3) is 0 Å². The third-order valence-electron chi connectivity index (χ3n) is 3.08. The van der Waals surface area contributed by atoms with Crippen LogP contribution in [0.2, 0.25) is 10.0 Å². The smallest absolute Gasteiger partial charge is 0.256 e. The molecule has 1 fully saturated rings. The van der Waals surface area contributed by atoms with E-state index in [4.69, 9.17) is 28.9 Å². The molecular formula is C12H15Cl3N2O. The molecule has 0 saturated carbocycles. The molecule has 2 rings (SSSR count). The van der Waals surface area contributed by atoms with Crippen molar-refractivity contribution in [2.45, 2.75) is 6.42 Å². The van der Waals surface area contributed by atoms with Crippen molar-refractivity contribution >= 4 is 41.5 Å². The van der Waals surface area contributed by atoms with Gasteiger partial charge < -0.3 is 10.6 Å². The Morgan fingerprint density at radius 1 is 1.39 bits per heavy atom. The molecule has 2 N–H and O–H groups in total. The third-order valence-corrected chi connectivity index (χ3v) is 3.71. The molecule has 1 aliphatic heterocycles. The van der Waals surface area contributed by atoms with Crippen molar-refractivity contribution in [2.24, 2.45) is 11.7 Å². The SMILES string of the molecule is Cl.NCC1CCN(C(=O)c2c(Cl)cccc2Cl)C1.